The minimum atomic E-state index is -0.567. The van der Waals surface area contributed by atoms with E-state index in [2.05, 4.69) is 10.0 Å². The molecule has 0 radical (unpaired) electrons. The van der Waals surface area contributed by atoms with Crippen LogP contribution in [0, 0.1) is 6.92 Å². The number of amides is 1. The van der Waals surface area contributed by atoms with Crippen molar-refractivity contribution in [1.29, 1.82) is 0 Å². The maximum atomic E-state index is 12.4. The summed E-state index contributed by atoms with van der Waals surface area (Å²) in [5.41, 5.74) is 10.1. The molecule has 0 saturated carbocycles. The summed E-state index contributed by atoms with van der Waals surface area (Å²) in [6.45, 7) is 9.99. The van der Waals surface area contributed by atoms with Crippen LogP contribution >= 0.6 is 0 Å². The van der Waals surface area contributed by atoms with Crippen molar-refractivity contribution < 1.29 is 9.53 Å². The summed E-state index contributed by atoms with van der Waals surface area (Å²) in [6, 6.07) is 7.55. The van der Waals surface area contributed by atoms with Gasteiger partial charge in [0.2, 0.25) is 0 Å². The van der Waals surface area contributed by atoms with E-state index >= 15 is 0 Å². The van der Waals surface area contributed by atoms with E-state index in [0.29, 0.717) is 13.1 Å². The molecule has 1 aromatic rings. The summed E-state index contributed by atoms with van der Waals surface area (Å²) >= 11 is 0. The fourth-order valence-electron chi connectivity index (χ4n) is 1.97. The van der Waals surface area contributed by atoms with Crippen LogP contribution in [0.2, 0.25) is 0 Å². The summed E-state index contributed by atoms with van der Waals surface area (Å²) in [7, 11) is 0. The summed E-state index contributed by atoms with van der Waals surface area (Å²) in [5, 5.41) is 3.64. The molecule has 1 rings (SSSR count). The molecular weight excluding hydrogens is 280 g/mol. The molecule has 0 aliphatic carbocycles. The molecule has 0 saturated heterocycles. The Bertz CT molecular complexity index is 560. The molecule has 0 aromatic heterocycles. The highest BCUT2D eigenvalue weighted by Gasteiger charge is 2.23. The number of hydrogen-bond acceptors (Lipinski definition) is 3. The van der Waals surface area contributed by atoms with Gasteiger partial charge in [0.15, 0.2) is 0 Å². The number of carbonyl (C=O) groups excluding carboxylic acids is 1. The van der Waals surface area contributed by atoms with Gasteiger partial charge in [0.1, 0.15) is 5.60 Å². The third-order valence-corrected chi connectivity index (χ3v) is 3.01. The van der Waals surface area contributed by atoms with Crippen molar-refractivity contribution in [3.8, 4) is 0 Å². The Morgan fingerprint density at radius 2 is 2.05 bits per heavy atom. The van der Waals surface area contributed by atoms with Gasteiger partial charge in [-0.2, -0.15) is 0 Å². The molecule has 0 spiro atoms. The average Bonchev–Trinajstić information content (AvgIpc) is 2.38. The van der Waals surface area contributed by atoms with Crippen LogP contribution in [-0.4, -0.2) is 29.2 Å². The molecule has 1 aromatic carbocycles. The second-order valence-electron chi connectivity index (χ2n) is 6.34. The van der Waals surface area contributed by atoms with Crippen LogP contribution in [0.5, 0.6) is 0 Å². The monoisotopic (exact) mass is 304 g/mol. The van der Waals surface area contributed by atoms with Crippen molar-refractivity contribution in [2.24, 2.45) is 5.11 Å². The molecule has 1 amide bonds. The van der Waals surface area contributed by atoms with Gasteiger partial charge in [-0.15, -0.1) is 0 Å². The molecular formula is C16H24N4O2. The third kappa shape index (κ3) is 6.06. The lowest BCUT2D eigenvalue weighted by Gasteiger charge is -2.29. The maximum Gasteiger partial charge on any atom is 0.410 e. The standard InChI is InChI=1S/C16H24N4O2/c1-12-8-6-7-9-14(12)11-20(10-13(2)18-19-17)15(21)22-16(3,4)5/h6-9,13H,10-11H2,1-5H3. The molecule has 22 heavy (non-hydrogen) atoms. The van der Waals surface area contributed by atoms with Gasteiger partial charge < -0.3 is 9.64 Å². The Labute approximate surface area is 131 Å². The Morgan fingerprint density at radius 3 is 2.59 bits per heavy atom. The fourth-order valence-corrected chi connectivity index (χ4v) is 1.97. The molecule has 1 atom stereocenters. The van der Waals surface area contributed by atoms with Crippen LogP contribution in [0.15, 0.2) is 29.4 Å². The molecule has 120 valence electrons. The summed E-state index contributed by atoms with van der Waals surface area (Å²) < 4.78 is 5.44. The predicted molar refractivity (Wildman–Crippen MR) is 86.4 cm³/mol. The number of nitrogens with zero attached hydrogens (tertiary/aromatic N) is 4. The zero-order valence-electron chi connectivity index (χ0n) is 13.9. The Hall–Kier alpha value is -2.20. The third-order valence-electron chi connectivity index (χ3n) is 3.01. The molecule has 6 heteroatoms. The Morgan fingerprint density at radius 1 is 1.41 bits per heavy atom. The molecule has 1 unspecified atom stereocenters. The zero-order chi connectivity index (χ0) is 16.8. The lowest BCUT2D eigenvalue weighted by atomic mass is 10.1. The van der Waals surface area contributed by atoms with Crippen LogP contribution in [0.1, 0.15) is 38.8 Å². The molecule has 0 heterocycles. The largest absolute Gasteiger partial charge is 0.444 e. The zero-order valence-corrected chi connectivity index (χ0v) is 13.9. The first-order valence-corrected chi connectivity index (χ1v) is 7.29. The molecule has 0 N–H and O–H groups in total. The highest BCUT2D eigenvalue weighted by atomic mass is 16.6. The molecule has 0 aliphatic heterocycles. The minimum absolute atomic E-state index is 0.313. The van der Waals surface area contributed by atoms with E-state index < -0.39 is 11.7 Å². The van der Waals surface area contributed by atoms with Crippen LogP contribution < -0.4 is 0 Å². The van der Waals surface area contributed by atoms with E-state index in [4.69, 9.17) is 10.3 Å². The van der Waals surface area contributed by atoms with Gasteiger partial charge >= 0.3 is 6.09 Å². The predicted octanol–water partition coefficient (Wildman–Crippen LogP) is 4.43. The maximum absolute atomic E-state index is 12.4. The fraction of sp³-hybridized carbons (Fsp3) is 0.562. The average molecular weight is 304 g/mol. The van der Waals surface area contributed by atoms with Crippen molar-refractivity contribution >= 4 is 6.09 Å². The van der Waals surface area contributed by atoms with Gasteiger partial charge in [-0.05, 0) is 44.4 Å². The number of hydrogen-bond donors (Lipinski definition) is 0. The number of azide groups is 1. The first-order chi connectivity index (χ1) is 10.2. The smallest absolute Gasteiger partial charge is 0.410 e. The minimum Gasteiger partial charge on any atom is -0.444 e. The van der Waals surface area contributed by atoms with E-state index in [9.17, 15) is 4.79 Å². The van der Waals surface area contributed by atoms with Crippen LogP contribution in [0.4, 0.5) is 4.79 Å². The topological polar surface area (TPSA) is 78.3 Å². The highest BCUT2D eigenvalue weighted by Crippen LogP contribution is 2.15. The van der Waals surface area contributed by atoms with E-state index in [1.54, 1.807) is 11.8 Å². The van der Waals surface area contributed by atoms with Gasteiger partial charge in [-0.1, -0.05) is 36.3 Å². The number of benzene rings is 1. The van der Waals surface area contributed by atoms with Crippen molar-refractivity contribution in [2.75, 3.05) is 6.54 Å². The van der Waals surface area contributed by atoms with Gasteiger partial charge in [-0.3, -0.25) is 0 Å². The quantitative estimate of drug-likeness (QED) is 0.458. The van der Waals surface area contributed by atoms with Gasteiger partial charge in [0, 0.05) is 18.0 Å². The SMILES string of the molecule is Cc1ccccc1CN(CC(C)N=[N+]=[N-])C(=O)OC(C)(C)C. The molecule has 0 bridgehead atoms. The van der Waals surface area contributed by atoms with Crippen LogP contribution in [-0.2, 0) is 11.3 Å². The normalized spacial score (nSPS) is 12.2. The van der Waals surface area contributed by atoms with Gasteiger partial charge in [-0.25, -0.2) is 4.79 Å². The van der Waals surface area contributed by atoms with Gasteiger partial charge in [0.05, 0.1) is 6.04 Å². The molecule has 6 nitrogen and oxygen atoms in total. The highest BCUT2D eigenvalue weighted by molar-refractivity contribution is 5.68. The van der Waals surface area contributed by atoms with Crippen molar-refractivity contribution in [3.63, 3.8) is 0 Å². The lowest BCUT2D eigenvalue weighted by molar-refractivity contribution is 0.0225. The number of rotatable bonds is 5. The van der Waals surface area contributed by atoms with Crippen LogP contribution in [0.25, 0.3) is 10.4 Å². The first-order valence-electron chi connectivity index (χ1n) is 7.29. The summed E-state index contributed by atoms with van der Waals surface area (Å²) in [6.07, 6.45) is -0.407. The second-order valence-corrected chi connectivity index (χ2v) is 6.34. The van der Waals surface area contributed by atoms with Crippen molar-refractivity contribution in [2.45, 2.75) is 52.8 Å². The first kappa shape index (κ1) is 17.9. The Kier molecular flexibility index (Phi) is 6.25. The van der Waals surface area contributed by atoms with Crippen molar-refractivity contribution in [1.82, 2.24) is 4.90 Å². The summed E-state index contributed by atoms with van der Waals surface area (Å²) in [4.78, 5) is 16.8. The van der Waals surface area contributed by atoms with E-state index in [1.165, 1.54) is 0 Å². The number of aryl methyl sites for hydroxylation is 1. The molecule has 0 fully saturated rings. The van der Waals surface area contributed by atoms with Crippen molar-refractivity contribution in [3.05, 3.63) is 45.8 Å². The lowest BCUT2D eigenvalue weighted by Crippen LogP contribution is -2.39. The van der Waals surface area contributed by atoms with E-state index in [1.807, 2.05) is 52.0 Å². The Balaban J connectivity index is 2.93. The van der Waals surface area contributed by atoms with E-state index in [-0.39, 0.29) is 6.04 Å². The summed E-state index contributed by atoms with van der Waals surface area (Å²) in [5.74, 6) is 0. The number of ether oxygens (including phenoxy) is 1. The number of carbonyl (C=O) groups is 1. The second kappa shape index (κ2) is 7.71. The molecule has 0 aliphatic rings. The van der Waals surface area contributed by atoms with Crippen LogP contribution in [0.3, 0.4) is 0 Å². The van der Waals surface area contributed by atoms with Gasteiger partial charge in [0.25, 0.3) is 0 Å². The van der Waals surface area contributed by atoms with E-state index in [0.717, 1.165) is 11.1 Å².